The molecule has 0 spiro atoms. The zero-order chi connectivity index (χ0) is 32.1. The number of nitrogens with one attached hydrogen (secondary N) is 1. The largest absolute Gasteiger partial charge is 0.479 e. The highest BCUT2D eigenvalue weighted by atomic mass is 31.3. The van der Waals surface area contributed by atoms with Gasteiger partial charge in [-0.1, -0.05) is 103 Å². The van der Waals surface area contributed by atoms with Gasteiger partial charge in [-0.05, 0) is 6.42 Å². The maximum Gasteiger partial charge on any atom is 0.479 e. The monoisotopic (exact) mass is 665 g/mol. The molecule has 5 N–H and O–H groups in total. The summed E-state index contributed by atoms with van der Waals surface area (Å²) in [4.78, 5) is 41.8. The molecule has 0 aromatic carbocycles. The van der Waals surface area contributed by atoms with Crippen LogP contribution in [0.3, 0.4) is 0 Å². The van der Waals surface area contributed by atoms with E-state index in [2.05, 4.69) is 26.2 Å². The van der Waals surface area contributed by atoms with Gasteiger partial charge in [0.15, 0.2) is 11.2 Å². The smallest absolute Gasteiger partial charge is 0.379 e. The molecule has 14 nitrogen and oxygen atoms in total. The number of nitrogens with two attached hydrogens (primary N) is 1. The van der Waals surface area contributed by atoms with Gasteiger partial charge in [-0.3, -0.25) is 18.9 Å². The number of ether oxygens (including phenoxy) is 2. The summed E-state index contributed by atoms with van der Waals surface area (Å²) in [7, 11) is -9.40. The Morgan fingerprint density at radius 2 is 1.39 bits per heavy atom. The van der Waals surface area contributed by atoms with Crippen LogP contribution in [0.2, 0.25) is 0 Å². The number of phosphoric acid groups is 1. The summed E-state index contributed by atoms with van der Waals surface area (Å²) >= 11 is 0. The Morgan fingerprint density at radius 1 is 0.818 bits per heavy atom. The minimum Gasteiger partial charge on any atom is -0.379 e. The second kappa shape index (κ2) is 22.0. The molecule has 0 amide bonds. The van der Waals surface area contributed by atoms with E-state index in [1.54, 1.807) is 0 Å². The van der Waals surface area contributed by atoms with Crippen molar-refractivity contribution in [2.45, 2.75) is 116 Å². The number of H-pyrrole nitrogens is 1. The Labute approximate surface area is 260 Å². The average molecular weight is 666 g/mol. The number of nitrogens with zero attached hydrogens (tertiary/aromatic N) is 3. The van der Waals surface area contributed by atoms with Gasteiger partial charge in [0.1, 0.15) is 6.35 Å². The van der Waals surface area contributed by atoms with E-state index in [0.29, 0.717) is 6.61 Å². The zero-order valence-electron chi connectivity index (χ0n) is 26.2. The van der Waals surface area contributed by atoms with E-state index in [9.17, 15) is 23.7 Å². The van der Waals surface area contributed by atoms with Gasteiger partial charge in [-0.15, -0.1) is 0 Å². The number of nitrogen functional groups attached to an aromatic ring is 1. The van der Waals surface area contributed by atoms with Crippen LogP contribution in [0.5, 0.6) is 0 Å². The molecular weight excluding hydrogens is 612 g/mol. The SMILES string of the molecule is CCCCCCCCCCCCCCCCCCOCCOP(=O)(O)OP(=O)(O)COCCn1cnc2c(=O)[nH]c(N)nc21. The van der Waals surface area contributed by atoms with Crippen LogP contribution in [-0.2, 0) is 34.0 Å². The molecule has 2 heterocycles. The Morgan fingerprint density at radius 3 is 1.98 bits per heavy atom. The molecule has 2 unspecified atom stereocenters. The van der Waals surface area contributed by atoms with Crippen molar-refractivity contribution < 1.29 is 37.2 Å². The van der Waals surface area contributed by atoms with Crippen molar-refractivity contribution in [2.24, 2.45) is 0 Å². The molecular formula is C28H53N5O9P2. The Balaban J connectivity index is 1.41. The highest BCUT2D eigenvalue weighted by Gasteiger charge is 2.34. The fourth-order valence-corrected chi connectivity index (χ4v) is 7.08. The summed E-state index contributed by atoms with van der Waals surface area (Å²) < 4.78 is 45.4. The molecule has 0 saturated carbocycles. The zero-order valence-corrected chi connectivity index (χ0v) is 28.0. The summed E-state index contributed by atoms with van der Waals surface area (Å²) in [5, 5.41) is 0. The summed E-state index contributed by atoms with van der Waals surface area (Å²) in [6.07, 6.45) is 21.1. The van der Waals surface area contributed by atoms with Gasteiger partial charge in [0.25, 0.3) is 5.56 Å². The van der Waals surface area contributed by atoms with Gasteiger partial charge >= 0.3 is 15.4 Å². The predicted molar refractivity (Wildman–Crippen MR) is 170 cm³/mol. The summed E-state index contributed by atoms with van der Waals surface area (Å²) in [5.74, 6) is -0.0808. The minimum absolute atomic E-state index is 0.0547. The molecule has 0 radical (unpaired) electrons. The van der Waals surface area contributed by atoms with Crippen molar-refractivity contribution in [3.8, 4) is 0 Å². The highest BCUT2D eigenvalue weighted by Crippen LogP contribution is 2.59. The number of imidazole rings is 1. The van der Waals surface area contributed by atoms with Crippen LogP contribution >= 0.6 is 15.4 Å². The molecule has 2 rings (SSSR count). The third-order valence-electron chi connectivity index (χ3n) is 7.08. The van der Waals surface area contributed by atoms with Crippen LogP contribution in [0.25, 0.3) is 11.2 Å². The van der Waals surface area contributed by atoms with Crippen molar-refractivity contribution in [2.75, 3.05) is 38.5 Å². The topological polar surface area (TPSA) is 201 Å². The second-order valence-electron chi connectivity index (χ2n) is 11.0. The fourth-order valence-electron chi connectivity index (χ4n) is 4.75. The number of phosphoric ester groups is 1. The predicted octanol–water partition coefficient (Wildman–Crippen LogP) is 6.27. The van der Waals surface area contributed by atoms with Gasteiger partial charge in [0, 0.05) is 13.2 Å². The van der Waals surface area contributed by atoms with Crippen molar-refractivity contribution in [1.29, 1.82) is 0 Å². The molecule has 0 saturated heterocycles. The van der Waals surface area contributed by atoms with E-state index in [4.69, 9.17) is 19.7 Å². The number of fused-ring (bicyclic) bond motifs is 1. The molecule has 0 aliphatic carbocycles. The molecule has 2 atom stereocenters. The van der Waals surface area contributed by atoms with Crippen molar-refractivity contribution in [3.63, 3.8) is 0 Å². The average Bonchev–Trinajstić information content (AvgIpc) is 3.36. The van der Waals surface area contributed by atoms with E-state index in [-0.39, 0.29) is 43.5 Å². The fraction of sp³-hybridized carbons (Fsp3) is 0.821. The minimum atomic E-state index is -4.80. The maximum atomic E-state index is 12.2. The number of aromatic nitrogens is 4. The molecule has 16 heteroatoms. The number of anilines is 1. The van der Waals surface area contributed by atoms with Gasteiger partial charge in [-0.2, -0.15) is 4.98 Å². The first-order valence-corrected chi connectivity index (χ1v) is 19.3. The lowest BCUT2D eigenvalue weighted by Gasteiger charge is -2.16. The Bertz CT molecular complexity index is 1210. The number of unbranched alkanes of at least 4 members (excludes halogenated alkanes) is 15. The van der Waals surface area contributed by atoms with Gasteiger partial charge < -0.3 is 29.6 Å². The van der Waals surface area contributed by atoms with Gasteiger partial charge in [-0.25, -0.2) is 13.9 Å². The van der Waals surface area contributed by atoms with Crippen LogP contribution in [0.15, 0.2) is 11.1 Å². The molecule has 2 aromatic heterocycles. The third-order valence-corrected chi connectivity index (χ3v) is 9.94. The lowest BCUT2D eigenvalue weighted by atomic mass is 10.0. The lowest BCUT2D eigenvalue weighted by molar-refractivity contribution is 0.0823. The van der Waals surface area contributed by atoms with E-state index in [1.165, 1.54) is 94.4 Å². The van der Waals surface area contributed by atoms with Crippen LogP contribution in [0, 0.1) is 0 Å². The number of rotatable bonds is 28. The lowest BCUT2D eigenvalue weighted by Crippen LogP contribution is -2.13. The summed E-state index contributed by atoms with van der Waals surface area (Å²) in [6, 6.07) is 0. The van der Waals surface area contributed by atoms with E-state index < -0.39 is 27.3 Å². The first-order valence-electron chi connectivity index (χ1n) is 16.0. The van der Waals surface area contributed by atoms with Crippen LogP contribution in [-0.4, -0.2) is 62.1 Å². The number of hydrogen-bond donors (Lipinski definition) is 4. The molecule has 0 aliphatic rings. The summed E-state index contributed by atoms with van der Waals surface area (Å²) in [5.41, 5.74) is 5.36. The van der Waals surface area contributed by atoms with Crippen molar-refractivity contribution >= 4 is 32.5 Å². The van der Waals surface area contributed by atoms with E-state index in [1.807, 2.05) is 0 Å². The molecule has 254 valence electrons. The standard InChI is InChI=1S/C28H53N5O9P2/c1-2-3-4-5-6-7-8-9-10-11-12-13-14-15-16-17-19-39-21-22-41-44(37,38)42-43(35,36)24-40-20-18-33-23-30-25-26(33)31-28(29)32-27(25)34/h23H,2-22,24H2,1H3,(H,35,36)(H,37,38)(H3,29,31,32,34). The molecule has 2 aromatic rings. The molecule has 0 bridgehead atoms. The highest BCUT2D eigenvalue weighted by molar-refractivity contribution is 7.63. The molecule has 0 aliphatic heterocycles. The van der Waals surface area contributed by atoms with Crippen molar-refractivity contribution in [3.05, 3.63) is 16.7 Å². The quantitative estimate of drug-likeness (QED) is 0.0587. The Kier molecular flexibility index (Phi) is 19.3. The normalized spacial score (nSPS) is 14.6. The van der Waals surface area contributed by atoms with E-state index in [0.717, 1.165) is 19.3 Å². The third kappa shape index (κ3) is 17.2. The van der Waals surface area contributed by atoms with Gasteiger partial charge in [0.2, 0.25) is 5.95 Å². The number of aromatic amines is 1. The van der Waals surface area contributed by atoms with Crippen LogP contribution in [0.4, 0.5) is 5.95 Å². The summed E-state index contributed by atoms with van der Waals surface area (Å²) in [6.45, 7) is 2.57. The number of hydrogen-bond acceptors (Lipinski definition) is 10. The van der Waals surface area contributed by atoms with E-state index >= 15 is 0 Å². The van der Waals surface area contributed by atoms with Crippen LogP contribution < -0.4 is 11.3 Å². The maximum absolute atomic E-state index is 12.2. The Hall–Kier alpha value is -1.63. The molecule has 44 heavy (non-hydrogen) atoms. The molecule has 0 fully saturated rings. The van der Waals surface area contributed by atoms with Gasteiger partial charge in [0.05, 0.1) is 26.1 Å². The second-order valence-corrected chi connectivity index (χ2v) is 14.4. The van der Waals surface area contributed by atoms with Crippen molar-refractivity contribution in [1.82, 2.24) is 19.5 Å². The van der Waals surface area contributed by atoms with Crippen LogP contribution in [0.1, 0.15) is 110 Å². The first-order chi connectivity index (χ1) is 21.1. The first kappa shape index (κ1) is 38.6.